The van der Waals surface area contributed by atoms with Crippen molar-refractivity contribution in [1.29, 1.82) is 0 Å². The van der Waals surface area contributed by atoms with Gasteiger partial charge in [-0.15, -0.1) is 24.0 Å². The van der Waals surface area contributed by atoms with Gasteiger partial charge in [-0.2, -0.15) is 0 Å². The standard InChI is InChI=1S/C23H40N6O.HI/c1-5-7-10-19(6-2)17-25-23(26-18-22(30)28(3)4)27-20-12-15-29(16-13-20)21-11-8-9-14-24-21;/h8-9,11,14,19-20H,5-7,10,12-13,15-18H2,1-4H3,(H2,25,26,27);1H. The molecular formula is C23H41IN6O. The highest BCUT2D eigenvalue weighted by Gasteiger charge is 2.21. The van der Waals surface area contributed by atoms with Crippen molar-refractivity contribution in [1.82, 2.24) is 20.5 Å². The number of anilines is 1. The Morgan fingerprint density at radius 2 is 2.03 bits per heavy atom. The van der Waals surface area contributed by atoms with Crippen LogP contribution < -0.4 is 15.5 Å². The molecule has 0 aliphatic carbocycles. The summed E-state index contributed by atoms with van der Waals surface area (Å²) in [6.07, 6.45) is 8.75. The third-order valence-electron chi connectivity index (χ3n) is 5.78. The van der Waals surface area contributed by atoms with Crippen molar-refractivity contribution < 1.29 is 4.79 Å². The highest BCUT2D eigenvalue weighted by Crippen LogP contribution is 2.17. The van der Waals surface area contributed by atoms with Crippen molar-refractivity contribution in [2.45, 2.75) is 58.4 Å². The number of amides is 1. The molecule has 1 aliphatic rings. The van der Waals surface area contributed by atoms with Gasteiger partial charge in [0.05, 0.1) is 0 Å². The van der Waals surface area contributed by atoms with E-state index in [1.165, 1.54) is 19.3 Å². The molecule has 0 spiro atoms. The van der Waals surface area contributed by atoms with Crippen LogP contribution in [0.4, 0.5) is 5.82 Å². The van der Waals surface area contributed by atoms with E-state index in [1.807, 2.05) is 18.3 Å². The van der Waals surface area contributed by atoms with E-state index >= 15 is 0 Å². The van der Waals surface area contributed by atoms with Gasteiger partial charge in [-0.25, -0.2) is 9.98 Å². The summed E-state index contributed by atoms with van der Waals surface area (Å²) >= 11 is 0. The van der Waals surface area contributed by atoms with Gasteiger partial charge in [-0.1, -0.05) is 39.2 Å². The first kappa shape index (κ1) is 27.5. The number of piperidine rings is 1. The lowest BCUT2D eigenvalue weighted by atomic mass is 9.99. The van der Waals surface area contributed by atoms with Crippen LogP contribution in [0.3, 0.4) is 0 Å². The molecule has 1 fully saturated rings. The van der Waals surface area contributed by atoms with Crippen molar-refractivity contribution >= 4 is 41.7 Å². The van der Waals surface area contributed by atoms with Crippen molar-refractivity contribution in [2.24, 2.45) is 10.9 Å². The molecule has 0 saturated carbocycles. The molecule has 1 aromatic rings. The molecule has 0 bridgehead atoms. The highest BCUT2D eigenvalue weighted by molar-refractivity contribution is 14.0. The lowest BCUT2D eigenvalue weighted by Gasteiger charge is -2.34. The number of pyridine rings is 1. The smallest absolute Gasteiger partial charge is 0.243 e. The lowest BCUT2D eigenvalue weighted by molar-refractivity contribution is -0.127. The zero-order chi connectivity index (χ0) is 21.8. The Morgan fingerprint density at radius 1 is 1.29 bits per heavy atom. The summed E-state index contributed by atoms with van der Waals surface area (Å²) in [5.74, 6) is 2.45. The number of hydrogen-bond donors (Lipinski definition) is 2. The first-order valence-electron chi connectivity index (χ1n) is 11.4. The Morgan fingerprint density at radius 3 is 2.61 bits per heavy atom. The largest absolute Gasteiger partial charge is 0.356 e. The Labute approximate surface area is 205 Å². The van der Waals surface area contributed by atoms with Crippen LogP contribution in [-0.2, 0) is 4.79 Å². The zero-order valence-electron chi connectivity index (χ0n) is 19.6. The number of hydrogen-bond acceptors (Lipinski definition) is 4. The van der Waals surface area contributed by atoms with Crippen LogP contribution in [0.15, 0.2) is 29.4 Å². The fourth-order valence-electron chi connectivity index (χ4n) is 3.61. The van der Waals surface area contributed by atoms with Crippen molar-refractivity contribution in [2.75, 3.05) is 45.2 Å². The van der Waals surface area contributed by atoms with E-state index in [2.05, 4.69) is 45.4 Å². The summed E-state index contributed by atoms with van der Waals surface area (Å²) in [5, 5.41) is 7.09. The summed E-state index contributed by atoms with van der Waals surface area (Å²) in [7, 11) is 3.53. The third kappa shape index (κ3) is 10.1. The Bertz CT molecular complexity index is 647. The number of carbonyl (C=O) groups is 1. The molecule has 2 rings (SSSR count). The maximum atomic E-state index is 12.0. The van der Waals surface area contributed by atoms with Gasteiger partial charge < -0.3 is 20.4 Å². The monoisotopic (exact) mass is 544 g/mol. The molecule has 1 unspecified atom stereocenters. The summed E-state index contributed by atoms with van der Waals surface area (Å²) in [4.78, 5) is 25.0. The van der Waals surface area contributed by atoms with Gasteiger partial charge in [-0.3, -0.25) is 4.79 Å². The number of aromatic nitrogens is 1. The molecule has 176 valence electrons. The van der Waals surface area contributed by atoms with Crippen LogP contribution >= 0.6 is 24.0 Å². The molecule has 1 aliphatic heterocycles. The van der Waals surface area contributed by atoms with E-state index in [4.69, 9.17) is 0 Å². The van der Waals surface area contributed by atoms with Crippen LogP contribution in [0, 0.1) is 5.92 Å². The minimum absolute atomic E-state index is 0. The minimum atomic E-state index is 0. The van der Waals surface area contributed by atoms with Gasteiger partial charge >= 0.3 is 0 Å². The van der Waals surface area contributed by atoms with Gasteiger partial charge in [0.1, 0.15) is 12.4 Å². The molecule has 0 aromatic carbocycles. The van der Waals surface area contributed by atoms with Gasteiger partial charge in [0, 0.05) is 46.0 Å². The average molecular weight is 545 g/mol. The molecule has 1 amide bonds. The topological polar surface area (TPSA) is 72.9 Å². The summed E-state index contributed by atoms with van der Waals surface area (Å²) in [6.45, 7) is 7.47. The van der Waals surface area contributed by atoms with E-state index in [9.17, 15) is 4.79 Å². The number of nitrogens with zero attached hydrogens (tertiary/aromatic N) is 4. The van der Waals surface area contributed by atoms with Crippen molar-refractivity contribution in [3.63, 3.8) is 0 Å². The normalized spacial score (nSPS) is 15.7. The first-order valence-corrected chi connectivity index (χ1v) is 11.4. The number of likely N-dealkylation sites (N-methyl/N-ethyl adjacent to an activating group) is 1. The lowest BCUT2D eigenvalue weighted by Crippen LogP contribution is -2.50. The number of carbonyl (C=O) groups excluding carboxylic acids is 1. The van der Waals surface area contributed by atoms with Gasteiger partial charge in [0.25, 0.3) is 0 Å². The maximum absolute atomic E-state index is 12.0. The van der Waals surface area contributed by atoms with Crippen LogP contribution in [0.1, 0.15) is 52.4 Å². The molecule has 0 radical (unpaired) electrons. The van der Waals surface area contributed by atoms with Crippen LogP contribution in [0.2, 0.25) is 0 Å². The maximum Gasteiger partial charge on any atom is 0.243 e. The van der Waals surface area contributed by atoms with Crippen molar-refractivity contribution in [3.8, 4) is 0 Å². The number of guanidine groups is 1. The SMILES string of the molecule is CCCCC(CC)CNC(=NCC(=O)N(C)C)NC1CCN(c2ccccn2)CC1.I. The number of halogens is 1. The second-order valence-electron chi connectivity index (χ2n) is 8.34. The Kier molecular flexibility index (Phi) is 13.5. The zero-order valence-corrected chi connectivity index (χ0v) is 22.0. The van der Waals surface area contributed by atoms with E-state index in [0.717, 1.165) is 50.7 Å². The van der Waals surface area contributed by atoms with Crippen molar-refractivity contribution in [3.05, 3.63) is 24.4 Å². The molecule has 1 saturated heterocycles. The van der Waals surface area contributed by atoms with Gasteiger partial charge in [0.15, 0.2) is 5.96 Å². The molecule has 7 nitrogen and oxygen atoms in total. The molecule has 2 N–H and O–H groups in total. The Hall–Kier alpha value is -1.58. The summed E-state index contributed by atoms with van der Waals surface area (Å²) in [6, 6.07) is 6.40. The highest BCUT2D eigenvalue weighted by atomic mass is 127. The van der Waals surface area contributed by atoms with Gasteiger partial charge in [0.2, 0.25) is 5.91 Å². The number of nitrogens with one attached hydrogen (secondary N) is 2. The Balaban J connectivity index is 0.00000480. The fraction of sp³-hybridized carbons (Fsp3) is 0.696. The van der Waals surface area contributed by atoms with E-state index in [-0.39, 0.29) is 36.4 Å². The van der Waals surface area contributed by atoms with E-state index < -0.39 is 0 Å². The molecule has 31 heavy (non-hydrogen) atoms. The quantitative estimate of drug-likeness (QED) is 0.268. The first-order chi connectivity index (χ1) is 14.5. The predicted octanol–water partition coefficient (Wildman–Crippen LogP) is 3.51. The van der Waals surface area contributed by atoms with Crippen LogP contribution in [-0.4, -0.2) is 68.1 Å². The second-order valence-corrected chi connectivity index (χ2v) is 8.34. The average Bonchev–Trinajstić information content (AvgIpc) is 2.78. The number of rotatable bonds is 10. The predicted molar refractivity (Wildman–Crippen MR) is 140 cm³/mol. The second kappa shape index (κ2) is 15.3. The van der Waals surface area contributed by atoms with Crippen LogP contribution in [0.25, 0.3) is 0 Å². The minimum Gasteiger partial charge on any atom is -0.356 e. The summed E-state index contributed by atoms with van der Waals surface area (Å²) in [5.41, 5.74) is 0. The molecular weight excluding hydrogens is 503 g/mol. The molecule has 1 aromatic heterocycles. The van der Waals surface area contributed by atoms with Crippen LogP contribution in [0.5, 0.6) is 0 Å². The van der Waals surface area contributed by atoms with E-state index in [1.54, 1.807) is 19.0 Å². The number of aliphatic imine (C=N–C) groups is 1. The summed E-state index contributed by atoms with van der Waals surface area (Å²) < 4.78 is 0. The third-order valence-corrected chi connectivity index (χ3v) is 5.78. The molecule has 8 heteroatoms. The fourth-order valence-corrected chi connectivity index (χ4v) is 3.61. The van der Waals surface area contributed by atoms with E-state index in [0.29, 0.717) is 12.0 Å². The molecule has 1 atom stereocenters. The number of unbranched alkanes of at least 4 members (excludes halogenated alkanes) is 1. The van der Waals surface area contributed by atoms with Gasteiger partial charge in [-0.05, 0) is 37.3 Å². The molecule has 2 heterocycles.